The molecule has 4 aromatic heterocycles. The molecule has 0 atom stereocenters. The molecular weight excluding hydrogens is 595 g/mol. The van der Waals surface area contributed by atoms with Gasteiger partial charge >= 0.3 is 0 Å². The van der Waals surface area contributed by atoms with Gasteiger partial charge in [-0.05, 0) is 45.8 Å². The zero-order chi connectivity index (χ0) is 30.6. The normalized spacial score (nSPS) is 12.3. The summed E-state index contributed by atoms with van der Waals surface area (Å²) in [4.78, 5) is 10.7. The van der Waals surface area contributed by atoms with Crippen LogP contribution in [-0.4, -0.2) is 14.5 Å². The average Bonchev–Trinajstić information content (AvgIpc) is 3.81. The summed E-state index contributed by atoms with van der Waals surface area (Å²) in [5.41, 5.74) is 6.15. The number of hydrogen-bond donors (Lipinski definition) is 0. The van der Waals surface area contributed by atoms with Gasteiger partial charge in [0.1, 0.15) is 16.8 Å². The highest BCUT2D eigenvalue weighted by Gasteiger charge is 2.26. The summed E-state index contributed by atoms with van der Waals surface area (Å²) in [5.74, 6) is 0.757. The van der Waals surface area contributed by atoms with Crippen molar-refractivity contribution < 1.29 is 4.42 Å². The first-order valence-electron chi connectivity index (χ1n) is 15.8. The number of rotatable bonds is 2. The van der Waals surface area contributed by atoms with Gasteiger partial charge in [0.05, 0.1) is 15.7 Å². The van der Waals surface area contributed by atoms with Crippen molar-refractivity contribution >= 4 is 97.1 Å². The van der Waals surface area contributed by atoms with Crippen LogP contribution in [0.5, 0.6) is 0 Å². The molecule has 0 aliphatic carbocycles. The van der Waals surface area contributed by atoms with Crippen LogP contribution in [0.3, 0.4) is 0 Å². The first-order valence-corrected chi connectivity index (χ1v) is 16.6. The highest BCUT2D eigenvalue weighted by Crippen LogP contribution is 2.49. The molecule has 0 N–H and O–H groups in total. The van der Waals surface area contributed by atoms with Gasteiger partial charge in [0.15, 0.2) is 5.82 Å². The molecule has 5 heteroatoms. The van der Waals surface area contributed by atoms with E-state index in [1.807, 2.05) is 35.6 Å². The molecule has 11 rings (SSSR count). The second kappa shape index (κ2) is 9.25. The summed E-state index contributed by atoms with van der Waals surface area (Å²) in [6.45, 7) is 0. The van der Waals surface area contributed by atoms with Crippen LogP contribution in [0.25, 0.3) is 103 Å². The van der Waals surface area contributed by atoms with Crippen molar-refractivity contribution in [3.63, 3.8) is 0 Å². The van der Waals surface area contributed by atoms with Gasteiger partial charge in [-0.2, -0.15) is 4.98 Å². The highest BCUT2D eigenvalue weighted by atomic mass is 32.1. The second-order valence-corrected chi connectivity index (χ2v) is 13.2. The fraction of sp³-hybridized carbons (Fsp3) is 0. The summed E-state index contributed by atoms with van der Waals surface area (Å²) in [7, 11) is 0. The molecule has 11 aromatic rings. The Morgan fingerprint density at radius 1 is 0.532 bits per heavy atom. The number of nitrogens with zero attached hydrogens (tertiary/aromatic N) is 3. The summed E-state index contributed by atoms with van der Waals surface area (Å²) in [5, 5.41) is 11.0. The third-order valence-corrected chi connectivity index (χ3v) is 10.8. The predicted octanol–water partition coefficient (Wildman–Crippen LogP) is 11.8. The van der Waals surface area contributed by atoms with Crippen molar-refractivity contribution in [2.45, 2.75) is 0 Å². The third kappa shape index (κ3) is 3.36. The lowest BCUT2D eigenvalue weighted by Gasteiger charge is -2.13. The molecule has 218 valence electrons. The number of thiophene rings is 1. The van der Waals surface area contributed by atoms with Gasteiger partial charge in [-0.25, -0.2) is 4.98 Å². The Balaban J connectivity index is 1.41. The van der Waals surface area contributed by atoms with Gasteiger partial charge in [-0.15, -0.1) is 11.3 Å². The Morgan fingerprint density at radius 2 is 1.21 bits per heavy atom. The fourth-order valence-corrected chi connectivity index (χ4v) is 8.89. The fourth-order valence-electron chi connectivity index (χ4n) is 7.62. The maximum Gasteiger partial charge on any atom is 0.248 e. The Hall–Kier alpha value is -6.04. The smallest absolute Gasteiger partial charge is 0.248 e. The molecule has 0 unspecified atom stereocenters. The monoisotopic (exact) mass is 617 g/mol. The van der Waals surface area contributed by atoms with Gasteiger partial charge in [-0.1, -0.05) is 115 Å². The predicted molar refractivity (Wildman–Crippen MR) is 197 cm³/mol. The van der Waals surface area contributed by atoms with Crippen molar-refractivity contribution in [3.05, 3.63) is 140 Å². The van der Waals surface area contributed by atoms with E-state index in [2.05, 4.69) is 120 Å². The van der Waals surface area contributed by atoms with E-state index in [1.54, 1.807) is 0 Å². The van der Waals surface area contributed by atoms with E-state index < -0.39 is 0 Å². The number of benzene rings is 7. The van der Waals surface area contributed by atoms with Gasteiger partial charge in [0.2, 0.25) is 5.71 Å². The zero-order valence-corrected chi connectivity index (χ0v) is 25.8. The van der Waals surface area contributed by atoms with Crippen LogP contribution in [0.2, 0.25) is 0 Å². The quantitative estimate of drug-likeness (QED) is 0.194. The number of para-hydroxylation sites is 2. The third-order valence-electron chi connectivity index (χ3n) is 9.59. The largest absolute Gasteiger partial charge is 0.436 e. The average molecular weight is 618 g/mol. The van der Waals surface area contributed by atoms with E-state index in [-0.39, 0.29) is 0 Å². The van der Waals surface area contributed by atoms with Gasteiger partial charge in [0.25, 0.3) is 0 Å². The van der Waals surface area contributed by atoms with Crippen molar-refractivity contribution in [1.29, 1.82) is 0 Å². The number of aromatic nitrogens is 3. The van der Waals surface area contributed by atoms with Crippen LogP contribution in [0.1, 0.15) is 0 Å². The molecule has 0 bridgehead atoms. The van der Waals surface area contributed by atoms with E-state index in [9.17, 15) is 0 Å². The minimum atomic E-state index is 0.534. The Kier molecular flexibility index (Phi) is 4.96. The van der Waals surface area contributed by atoms with E-state index in [1.165, 1.54) is 52.5 Å². The van der Waals surface area contributed by atoms with Crippen LogP contribution in [0.4, 0.5) is 0 Å². The van der Waals surface area contributed by atoms with Crippen LogP contribution < -0.4 is 0 Å². The number of furan rings is 1. The Morgan fingerprint density at radius 3 is 2.06 bits per heavy atom. The summed E-state index contributed by atoms with van der Waals surface area (Å²) >= 11 is 1.86. The lowest BCUT2D eigenvalue weighted by Crippen LogP contribution is -2.03. The Bertz CT molecular complexity index is 3080. The summed E-state index contributed by atoms with van der Waals surface area (Å²) in [6, 6.07) is 49.3. The molecule has 4 heterocycles. The zero-order valence-electron chi connectivity index (χ0n) is 24.9. The first kappa shape index (κ1) is 25.2. The molecule has 0 radical (unpaired) electrons. The van der Waals surface area contributed by atoms with Crippen molar-refractivity contribution in [2.24, 2.45) is 0 Å². The Labute approximate surface area is 271 Å². The molecule has 0 saturated heterocycles. The minimum Gasteiger partial charge on any atom is -0.436 e. The molecule has 7 aromatic carbocycles. The second-order valence-electron chi connectivity index (χ2n) is 12.1. The van der Waals surface area contributed by atoms with Crippen LogP contribution >= 0.6 is 11.3 Å². The lowest BCUT2D eigenvalue weighted by molar-refractivity contribution is 0.652. The van der Waals surface area contributed by atoms with E-state index in [0.29, 0.717) is 5.71 Å². The minimum absolute atomic E-state index is 0.534. The maximum atomic E-state index is 6.38. The summed E-state index contributed by atoms with van der Waals surface area (Å²) < 4.78 is 11.2. The van der Waals surface area contributed by atoms with E-state index in [4.69, 9.17) is 14.4 Å². The maximum absolute atomic E-state index is 6.38. The number of fused-ring (bicyclic) bond motifs is 15. The lowest BCUT2D eigenvalue weighted by atomic mass is 9.96. The standard InChI is InChI=1S/C42H23N3OS/c1-2-13-25(14-3-1)37-41(44-42-38(43-37)30-19-9-11-21-32(30)46-42)45-31-20-10-8-18-29(31)34-27-16-6-7-17-28(27)36-35-26-15-5-4-12-24(26)22-23-33(35)47-40(36)39(34)45/h1-23H. The van der Waals surface area contributed by atoms with Crippen LogP contribution in [-0.2, 0) is 0 Å². The van der Waals surface area contributed by atoms with E-state index in [0.717, 1.165) is 44.6 Å². The topological polar surface area (TPSA) is 43.9 Å². The molecular formula is C42H23N3OS. The van der Waals surface area contributed by atoms with Gasteiger partial charge in [-0.3, -0.25) is 4.57 Å². The highest BCUT2D eigenvalue weighted by molar-refractivity contribution is 7.27. The van der Waals surface area contributed by atoms with Crippen molar-refractivity contribution in [1.82, 2.24) is 14.5 Å². The van der Waals surface area contributed by atoms with Gasteiger partial charge < -0.3 is 4.42 Å². The number of hydrogen-bond acceptors (Lipinski definition) is 4. The van der Waals surface area contributed by atoms with Crippen molar-refractivity contribution in [2.75, 3.05) is 0 Å². The molecule has 47 heavy (non-hydrogen) atoms. The molecule has 0 aliphatic rings. The molecule has 0 spiro atoms. The SMILES string of the molecule is c1ccc(-c2nc3c(nc2-n2c4ccccc4c4c5ccccc5c5c(sc6ccc7ccccc7c65)c42)oc2ccccc23)cc1. The first-order chi connectivity index (χ1) is 23.3. The summed E-state index contributed by atoms with van der Waals surface area (Å²) in [6.07, 6.45) is 0. The molecule has 0 aliphatic heterocycles. The van der Waals surface area contributed by atoms with E-state index >= 15 is 0 Å². The molecule has 0 amide bonds. The van der Waals surface area contributed by atoms with Crippen LogP contribution in [0, 0.1) is 0 Å². The molecule has 0 fully saturated rings. The molecule has 4 nitrogen and oxygen atoms in total. The molecule has 0 saturated carbocycles. The van der Waals surface area contributed by atoms with Gasteiger partial charge in [0, 0.05) is 37.2 Å². The van der Waals surface area contributed by atoms with Crippen LogP contribution in [0.15, 0.2) is 144 Å². The van der Waals surface area contributed by atoms with Crippen molar-refractivity contribution in [3.8, 4) is 17.1 Å².